The molecule has 0 fully saturated rings. The number of nitrogens with zero attached hydrogens (tertiary/aromatic N) is 2. The second-order valence-corrected chi connectivity index (χ2v) is 4.49. The van der Waals surface area contributed by atoms with E-state index in [1.807, 2.05) is 27.7 Å². The lowest BCUT2D eigenvalue weighted by Crippen LogP contribution is -2.43. The Morgan fingerprint density at radius 1 is 1.12 bits per heavy atom. The van der Waals surface area contributed by atoms with Crippen LogP contribution in [0.3, 0.4) is 0 Å². The van der Waals surface area contributed by atoms with Crippen LogP contribution in [-0.4, -0.2) is 30.8 Å². The van der Waals surface area contributed by atoms with Crippen LogP contribution in [0.1, 0.15) is 27.7 Å². The Bertz CT molecular complexity index is 320. The summed E-state index contributed by atoms with van der Waals surface area (Å²) in [7, 11) is 1.54. The van der Waals surface area contributed by atoms with Crippen LogP contribution in [-0.2, 0) is 4.79 Å². The summed E-state index contributed by atoms with van der Waals surface area (Å²) in [5.41, 5.74) is 11.1. The molecule has 0 rings (SSSR count). The van der Waals surface area contributed by atoms with Crippen molar-refractivity contribution in [1.82, 2.24) is 5.32 Å². The predicted octanol–water partition coefficient (Wildman–Crippen LogP) is 0.0849. The summed E-state index contributed by atoms with van der Waals surface area (Å²) in [6.07, 6.45) is 0. The highest BCUT2D eigenvalue weighted by molar-refractivity contribution is 5.98. The van der Waals surface area contributed by atoms with Crippen molar-refractivity contribution in [3.63, 3.8) is 0 Å². The van der Waals surface area contributed by atoms with Crippen LogP contribution in [0, 0.1) is 11.8 Å². The summed E-state index contributed by atoms with van der Waals surface area (Å²) in [6, 6.07) is -0.452. The van der Waals surface area contributed by atoms with E-state index >= 15 is 0 Å². The van der Waals surface area contributed by atoms with Gasteiger partial charge in [0.2, 0.25) is 0 Å². The normalized spacial score (nSPS) is 15.2. The van der Waals surface area contributed by atoms with Crippen molar-refractivity contribution in [3.8, 4) is 0 Å². The predicted molar refractivity (Wildman–Crippen MR) is 70.8 cm³/mol. The minimum atomic E-state index is -0.452. The van der Waals surface area contributed by atoms with Gasteiger partial charge in [-0.15, -0.1) is 0 Å². The smallest absolute Gasteiger partial charge is 0.196 e. The molecule has 0 aromatic heterocycles. The second-order valence-electron chi connectivity index (χ2n) is 4.49. The van der Waals surface area contributed by atoms with E-state index in [2.05, 4.69) is 15.3 Å². The maximum Gasteiger partial charge on any atom is 0.196 e. The number of ketones is 1. The van der Waals surface area contributed by atoms with Crippen LogP contribution in [0.15, 0.2) is 9.98 Å². The van der Waals surface area contributed by atoms with Crippen molar-refractivity contribution in [2.75, 3.05) is 7.05 Å². The van der Waals surface area contributed by atoms with Gasteiger partial charge < -0.3 is 11.5 Å². The van der Waals surface area contributed by atoms with Crippen molar-refractivity contribution < 1.29 is 4.79 Å². The van der Waals surface area contributed by atoms with E-state index in [1.165, 1.54) is 7.05 Å². The lowest BCUT2D eigenvalue weighted by atomic mass is 9.94. The lowest BCUT2D eigenvalue weighted by molar-refractivity contribution is -0.123. The number of Topliss-reactive ketones (excluding diaryl/α,β-unsaturated/α-hetero) is 1. The Kier molecular flexibility index (Phi) is 6.23. The second kappa shape index (κ2) is 6.88. The molecule has 0 aromatic carbocycles. The number of nitrogens with two attached hydrogens (primary N) is 2. The number of rotatable bonds is 4. The summed E-state index contributed by atoms with van der Waals surface area (Å²) in [6.45, 7) is 7.55. The van der Waals surface area contributed by atoms with Crippen LogP contribution >= 0.6 is 0 Å². The fraction of sp³-hybridized carbons (Fsp3) is 0.727. The zero-order valence-corrected chi connectivity index (χ0v) is 11.2. The van der Waals surface area contributed by atoms with Gasteiger partial charge in [-0.3, -0.25) is 15.1 Å². The SMILES string of the molecule is CN=C(N)NC(N)=NC(C(=O)C(C)C)C(C)C. The molecule has 5 N–H and O–H groups in total. The molecule has 0 bridgehead atoms. The van der Waals surface area contributed by atoms with Crippen molar-refractivity contribution in [1.29, 1.82) is 0 Å². The van der Waals surface area contributed by atoms with E-state index in [9.17, 15) is 4.79 Å². The zero-order valence-electron chi connectivity index (χ0n) is 11.2. The highest BCUT2D eigenvalue weighted by Crippen LogP contribution is 2.12. The summed E-state index contributed by atoms with van der Waals surface area (Å²) in [5, 5.41) is 2.61. The number of guanidine groups is 2. The molecule has 0 aliphatic heterocycles. The molecule has 1 unspecified atom stereocenters. The van der Waals surface area contributed by atoms with E-state index in [0.717, 1.165) is 0 Å². The summed E-state index contributed by atoms with van der Waals surface area (Å²) in [4.78, 5) is 19.8. The summed E-state index contributed by atoms with van der Waals surface area (Å²) >= 11 is 0. The van der Waals surface area contributed by atoms with E-state index < -0.39 is 6.04 Å². The van der Waals surface area contributed by atoms with Gasteiger partial charge in [-0.2, -0.15) is 0 Å². The maximum atomic E-state index is 11.9. The Hall–Kier alpha value is -1.59. The molecule has 0 aromatic rings. The third kappa shape index (κ3) is 5.33. The average molecular weight is 241 g/mol. The van der Waals surface area contributed by atoms with Gasteiger partial charge in [0, 0.05) is 13.0 Å². The Labute approximate surface area is 103 Å². The quantitative estimate of drug-likeness (QED) is 0.479. The molecule has 0 aliphatic carbocycles. The highest BCUT2D eigenvalue weighted by atomic mass is 16.1. The molecular formula is C11H23N5O. The monoisotopic (exact) mass is 241 g/mol. The molecule has 17 heavy (non-hydrogen) atoms. The topological polar surface area (TPSA) is 106 Å². The molecule has 0 saturated carbocycles. The van der Waals surface area contributed by atoms with E-state index in [1.54, 1.807) is 0 Å². The van der Waals surface area contributed by atoms with Gasteiger partial charge in [-0.25, -0.2) is 4.99 Å². The number of hydrogen-bond donors (Lipinski definition) is 3. The molecule has 0 radical (unpaired) electrons. The van der Waals surface area contributed by atoms with Gasteiger partial charge in [0.25, 0.3) is 0 Å². The van der Waals surface area contributed by atoms with Gasteiger partial charge in [0.1, 0.15) is 6.04 Å². The third-order valence-electron chi connectivity index (χ3n) is 2.27. The number of nitrogens with one attached hydrogen (secondary N) is 1. The van der Waals surface area contributed by atoms with Crippen LogP contribution in [0.4, 0.5) is 0 Å². The molecule has 6 heteroatoms. The minimum absolute atomic E-state index is 0.0664. The molecule has 0 heterocycles. The highest BCUT2D eigenvalue weighted by Gasteiger charge is 2.24. The maximum absolute atomic E-state index is 11.9. The molecule has 1 atom stereocenters. The third-order valence-corrected chi connectivity index (χ3v) is 2.27. The van der Waals surface area contributed by atoms with E-state index in [4.69, 9.17) is 11.5 Å². The zero-order chi connectivity index (χ0) is 13.6. The molecular weight excluding hydrogens is 218 g/mol. The molecule has 0 spiro atoms. The fourth-order valence-electron chi connectivity index (χ4n) is 1.25. The first-order valence-corrected chi connectivity index (χ1v) is 5.65. The van der Waals surface area contributed by atoms with Gasteiger partial charge in [0.05, 0.1) is 0 Å². The van der Waals surface area contributed by atoms with Crippen molar-refractivity contribution >= 4 is 17.7 Å². The van der Waals surface area contributed by atoms with Crippen LogP contribution in [0.5, 0.6) is 0 Å². The van der Waals surface area contributed by atoms with Crippen LogP contribution < -0.4 is 16.8 Å². The first kappa shape index (κ1) is 15.4. The summed E-state index contributed by atoms with van der Waals surface area (Å²) in [5.74, 6) is 0.365. The van der Waals surface area contributed by atoms with E-state index in [0.29, 0.717) is 0 Å². The molecule has 0 aliphatic rings. The number of aliphatic imine (C=N–C) groups is 2. The Morgan fingerprint density at radius 2 is 1.65 bits per heavy atom. The minimum Gasteiger partial charge on any atom is -0.370 e. The van der Waals surface area contributed by atoms with Gasteiger partial charge >= 0.3 is 0 Å². The lowest BCUT2D eigenvalue weighted by Gasteiger charge is -2.18. The van der Waals surface area contributed by atoms with Crippen LogP contribution in [0.25, 0.3) is 0 Å². The first-order chi connectivity index (χ1) is 7.79. The van der Waals surface area contributed by atoms with Crippen molar-refractivity contribution in [2.45, 2.75) is 33.7 Å². The number of hydrogen-bond acceptors (Lipinski definition) is 3. The fourth-order valence-corrected chi connectivity index (χ4v) is 1.25. The average Bonchev–Trinajstić information content (AvgIpc) is 2.24. The first-order valence-electron chi connectivity index (χ1n) is 5.65. The van der Waals surface area contributed by atoms with E-state index in [-0.39, 0.29) is 29.5 Å². The van der Waals surface area contributed by atoms with Crippen molar-refractivity contribution in [3.05, 3.63) is 0 Å². The molecule has 0 amide bonds. The number of carbonyl (C=O) groups excluding carboxylic acids is 1. The van der Waals surface area contributed by atoms with Gasteiger partial charge in [0.15, 0.2) is 17.7 Å². The Morgan fingerprint density at radius 3 is 2.00 bits per heavy atom. The number of carbonyl (C=O) groups is 1. The largest absolute Gasteiger partial charge is 0.370 e. The van der Waals surface area contributed by atoms with Gasteiger partial charge in [-0.05, 0) is 5.92 Å². The Balaban J connectivity index is 4.86. The molecule has 6 nitrogen and oxygen atoms in total. The van der Waals surface area contributed by atoms with Gasteiger partial charge in [-0.1, -0.05) is 27.7 Å². The van der Waals surface area contributed by atoms with Crippen molar-refractivity contribution in [2.24, 2.45) is 33.3 Å². The molecule has 98 valence electrons. The standard InChI is InChI=1S/C11H23N5O/c1-6(2)8(9(17)7(3)4)15-11(13)16-10(12)14-5/h6-8H,1-5H3,(H5,12,13,14,15,16). The summed E-state index contributed by atoms with van der Waals surface area (Å²) < 4.78 is 0. The van der Waals surface area contributed by atoms with Crippen LogP contribution in [0.2, 0.25) is 0 Å². The molecule has 0 saturated heterocycles.